The van der Waals surface area contributed by atoms with Gasteiger partial charge < -0.3 is 5.01 Å². The molecule has 1 N–H and O–H groups in total. The Morgan fingerprint density at radius 3 is 2.46 bits per heavy atom. The van der Waals surface area contributed by atoms with E-state index in [1.807, 2.05) is 11.7 Å². The van der Waals surface area contributed by atoms with Crippen LogP contribution in [0.25, 0.3) is 22.5 Å². The standard InChI is InChI=1S/C19H21N5/c1-13(2)24-19-15-9-5-4-8-14(15)12-23(20-3)17-11-7-6-10-16(17)18(19)21-22-24/h4-11,13,20H,12H2,1-3H3. The van der Waals surface area contributed by atoms with Crippen LogP contribution in [0.4, 0.5) is 5.69 Å². The summed E-state index contributed by atoms with van der Waals surface area (Å²) in [7, 11) is 1.95. The molecule has 0 aliphatic carbocycles. The summed E-state index contributed by atoms with van der Waals surface area (Å²) in [4.78, 5) is 0. The highest BCUT2D eigenvalue weighted by Gasteiger charge is 2.26. The van der Waals surface area contributed by atoms with Gasteiger partial charge in [0.1, 0.15) is 5.69 Å². The second-order valence-electron chi connectivity index (χ2n) is 6.31. The van der Waals surface area contributed by atoms with Crippen LogP contribution in [0.3, 0.4) is 0 Å². The molecular weight excluding hydrogens is 298 g/mol. The maximum atomic E-state index is 4.55. The minimum atomic E-state index is 0.251. The van der Waals surface area contributed by atoms with Crippen molar-refractivity contribution in [1.82, 2.24) is 20.4 Å². The van der Waals surface area contributed by atoms with E-state index in [2.05, 4.69) is 83.1 Å². The van der Waals surface area contributed by atoms with Crippen molar-refractivity contribution in [2.45, 2.75) is 26.4 Å². The summed E-state index contributed by atoms with van der Waals surface area (Å²) in [6.45, 7) is 5.07. The molecule has 0 saturated carbocycles. The third-order valence-corrected chi connectivity index (χ3v) is 4.50. The molecule has 1 aliphatic rings. The number of hydrogen-bond donors (Lipinski definition) is 1. The first-order valence-corrected chi connectivity index (χ1v) is 8.28. The van der Waals surface area contributed by atoms with Gasteiger partial charge in [-0.1, -0.05) is 47.7 Å². The molecular formula is C19H21N5. The fraction of sp³-hybridized carbons (Fsp3) is 0.263. The molecule has 2 heterocycles. The highest BCUT2D eigenvalue weighted by Crippen LogP contribution is 2.40. The SMILES string of the molecule is CNN1Cc2ccccc2-c2c(nnn2C(C)C)-c2ccccc21. The summed E-state index contributed by atoms with van der Waals surface area (Å²) in [6, 6.07) is 17.1. The van der Waals surface area contributed by atoms with Gasteiger partial charge in [0, 0.05) is 24.2 Å². The summed E-state index contributed by atoms with van der Waals surface area (Å²) >= 11 is 0. The van der Waals surface area contributed by atoms with Crippen LogP contribution in [0.1, 0.15) is 25.5 Å². The number of hydrazine groups is 1. The summed E-state index contributed by atoms with van der Waals surface area (Å²) in [6.07, 6.45) is 0. The number of benzene rings is 2. The van der Waals surface area contributed by atoms with E-state index in [0.717, 1.165) is 29.2 Å². The van der Waals surface area contributed by atoms with Crippen LogP contribution in [0.2, 0.25) is 0 Å². The molecule has 0 bridgehead atoms. The van der Waals surface area contributed by atoms with Crippen molar-refractivity contribution in [1.29, 1.82) is 0 Å². The predicted molar refractivity (Wildman–Crippen MR) is 96.5 cm³/mol. The van der Waals surface area contributed by atoms with Crippen molar-refractivity contribution in [3.8, 4) is 22.5 Å². The van der Waals surface area contributed by atoms with E-state index in [9.17, 15) is 0 Å². The third kappa shape index (κ3) is 2.20. The number of nitrogens with one attached hydrogen (secondary N) is 1. The van der Waals surface area contributed by atoms with Crippen molar-refractivity contribution >= 4 is 5.69 Å². The number of rotatable bonds is 2. The molecule has 0 fully saturated rings. The number of anilines is 1. The molecule has 122 valence electrons. The van der Waals surface area contributed by atoms with E-state index >= 15 is 0 Å². The van der Waals surface area contributed by atoms with Crippen molar-refractivity contribution < 1.29 is 0 Å². The minimum absolute atomic E-state index is 0.251. The van der Waals surface area contributed by atoms with Crippen LogP contribution < -0.4 is 10.4 Å². The molecule has 1 aromatic heterocycles. The maximum Gasteiger partial charge on any atom is 0.123 e. The average molecular weight is 319 g/mol. The Morgan fingerprint density at radius 2 is 1.71 bits per heavy atom. The molecule has 0 radical (unpaired) electrons. The average Bonchev–Trinajstić information content (AvgIpc) is 3.03. The van der Waals surface area contributed by atoms with Gasteiger partial charge in [-0.05, 0) is 25.5 Å². The molecule has 3 aromatic rings. The van der Waals surface area contributed by atoms with Gasteiger partial charge in [-0.3, -0.25) is 0 Å². The zero-order chi connectivity index (χ0) is 16.7. The molecule has 0 saturated heterocycles. The molecule has 1 aliphatic heterocycles. The van der Waals surface area contributed by atoms with Gasteiger partial charge in [0.05, 0.1) is 17.9 Å². The van der Waals surface area contributed by atoms with E-state index in [0.29, 0.717) is 0 Å². The van der Waals surface area contributed by atoms with Crippen LogP contribution >= 0.6 is 0 Å². The molecule has 0 spiro atoms. The lowest BCUT2D eigenvalue weighted by atomic mass is 9.96. The highest BCUT2D eigenvalue weighted by molar-refractivity contribution is 5.87. The molecule has 5 heteroatoms. The largest absolute Gasteiger partial charge is 0.304 e. The van der Waals surface area contributed by atoms with E-state index in [1.54, 1.807) is 0 Å². The van der Waals surface area contributed by atoms with Gasteiger partial charge >= 0.3 is 0 Å². The molecule has 24 heavy (non-hydrogen) atoms. The van der Waals surface area contributed by atoms with Crippen LogP contribution in [0.5, 0.6) is 0 Å². The van der Waals surface area contributed by atoms with E-state index in [-0.39, 0.29) is 6.04 Å². The Labute approximate surface area is 141 Å². The van der Waals surface area contributed by atoms with Gasteiger partial charge in [0.2, 0.25) is 0 Å². The summed E-state index contributed by atoms with van der Waals surface area (Å²) in [5, 5.41) is 11.2. The lowest BCUT2D eigenvalue weighted by Crippen LogP contribution is -2.35. The first-order valence-electron chi connectivity index (χ1n) is 8.28. The molecule has 4 rings (SSSR count). The van der Waals surface area contributed by atoms with Gasteiger partial charge in [-0.15, -0.1) is 5.10 Å². The maximum absolute atomic E-state index is 4.55. The van der Waals surface area contributed by atoms with Crippen molar-refractivity contribution in [2.75, 3.05) is 12.1 Å². The van der Waals surface area contributed by atoms with Gasteiger partial charge in [0.15, 0.2) is 0 Å². The zero-order valence-electron chi connectivity index (χ0n) is 14.2. The fourth-order valence-corrected chi connectivity index (χ4v) is 3.34. The first-order chi connectivity index (χ1) is 11.7. The summed E-state index contributed by atoms with van der Waals surface area (Å²) < 4.78 is 2.03. The van der Waals surface area contributed by atoms with Crippen LogP contribution in [-0.2, 0) is 6.54 Å². The quantitative estimate of drug-likeness (QED) is 0.783. The first kappa shape index (κ1) is 14.9. The Bertz CT molecular complexity index is 881. The van der Waals surface area contributed by atoms with Crippen molar-refractivity contribution in [3.05, 3.63) is 54.1 Å². The molecule has 5 nitrogen and oxygen atoms in total. The van der Waals surface area contributed by atoms with E-state index in [1.165, 1.54) is 11.1 Å². The van der Waals surface area contributed by atoms with E-state index in [4.69, 9.17) is 0 Å². The van der Waals surface area contributed by atoms with Gasteiger partial charge in [0.25, 0.3) is 0 Å². The molecule has 0 unspecified atom stereocenters. The Balaban J connectivity index is 2.09. The Kier molecular flexibility index (Phi) is 3.58. The second-order valence-corrected chi connectivity index (χ2v) is 6.31. The number of aromatic nitrogens is 3. The van der Waals surface area contributed by atoms with Crippen LogP contribution in [0.15, 0.2) is 48.5 Å². The Morgan fingerprint density at radius 1 is 1.00 bits per heavy atom. The van der Waals surface area contributed by atoms with Crippen LogP contribution in [0, 0.1) is 0 Å². The number of fused-ring (bicyclic) bond motifs is 5. The smallest absolute Gasteiger partial charge is 0.123 e. The topological polar surface area (TPSA) is 46.0 Å². The lowest BCUT2D eigenvalue weighted by molar-refractivity contribution is 0.519. The van der Waals surface area contributed by atoms with Crippen molar-refractivity contribution in [3.63, 3.8) is 0 Å². The molecule has 0 atom stereocenters. The lowest BCUT2D eigenvalue weighted by Gasteiger charge is -2.29. The molecule has 2 aromatic carbocycles. The third-order valence-electron chi connectivity index (χ3n) is 4.50. The second kappa shape index (κ2) is 5.76. The summed E-state index contributed by atoms with van der Waals surface area (Å²) in [5.74, 6) is 0. The van der Waals surface area contributed by atoms with E-state index < -0.39 is 0 Å². The minimum Gasteiger partial charge on any atom is -0.304 e. The predicted octanol–water partition coefficient (Wildman–Crippen LogP) is 3.65. The van der Waals surface area contributed by atoms with Gasteiger partial charge in [-0.2, -0.15) is 0 Å². The van der Waals surface area contributed by atoms with Gasteiger partial charge in [-0.25, -0.2) is 10.1 Å². The fourth-order valence-electron chi connectivity index (χ4n) is 3.34. The normalized spacial score (nSPS) is 13.1. The number of nitrogens with zero attached hydrogens (tertiary/aromatic N) is 4. The summed E-state index contributed by atoms with van der Waals surface area (Å²) in [5.41, 5.74) is 10.0. The highest BCUT2D eigenvalue weighted by atomic mass is 15.5. The Hall–Kier alpha value is -2.66. The zero-order valence-corrected chi connectivity index (χ0v) is 14.2. The molecule has 0 amide bonds. The monoisotopic (exact) mass is 319 g/mol. The number of hydrogen-bond acceptors (Lipinski definition) is 4. The van der Waals surface area contributed by atoms with Crippen molar-refractivity contribution in [2.24, 2.45) is 0 Å². The van der Waals surface area contributed by atoms with Crippen LogP contribution in [-0.4, -0.2) is 22.0 Å². The number of para-hydroxylation sites is 1.